The van der Waals surface area contributed by atoms with Crippen molar-refractivity contribution < 1.29 is 9.53 Å². The van der Waals surface area contributed by atoms with Crippen molar-refractivity contribution in [1.82, 2.24) is 5.32 Å². The molecule has 1 aromatic carbocycles. The highest BCUT2D eigenvalue weighted by molar-refractivity contribution is 5.92. The predicted octanol–water partition coefficient (Wildman–Crippen LogP) is 4.20. The summed E-state index contributed by atoms with van der Waals surface area (Å²) in [6.07, 6.45) is 6.47. The SMILES string of the molecule is COc1c(/C=C/C(=O)NC(C)(C)C)cc(CCCCN)cc1C(C)(C)C. The van der Waals surface area contributed by atoms with Crippen LogP contribution in [0.5, 0.6) is 5.75 Å². The van der Waals surface area contributed by atoms with Crippen molar-refractivity contribution in [1.29, 1.82) is 0 Å². The van der Waals surface area contributed by atoms with Gasteiger partial charge in [0.2, 0.25) is 5.91 Å². The molecule has 4 nitrogen and oxygen atoms in total. The maximum atomic E-state index is 12.2. The number of unbranched alkanes of at least 4 members (excludes halogenated alkanes) is 1. The van der Waals surface area contributed by atoms with Gasteiger partial charge in [0.05, 0.1) is 7.11 Å². The van der Waals surface area contributed by atoms with Crippen LogP contribution in [0.25, 0.3) is 6.08 Å². The highest BCUT2D eigenvalue weighted by Crippen LogP contribution is 2.36. The quantitative estimate of drug-likeness (QED) is 0.566. The number of carbonyl (C=O) groups is 1. The molecule has 0 unspecified atom stereocenters. The molecule has 1 rings (SSSR count). The first kappa shape index (κ1) is 22.2. The molecule has 0 saturated heterocycles. The summed E-state index contributed by atoms with van der Waals surface area (Å²) in [6.45, 7) is 13.1. The van der Waals surface area contributed by atoms with Gasteiger partial charge in [-0.1, -0.05) is 26.8 Å². The van der Waals surface area contributed by atoms with Gasteiger partial charge < -0.3 is 15.8 Å². The van der Waals surface area contributed by atoms with Crippen LogP contribution in [0.2, 0.25) is 0 Å². The van der Waals surface area contributed by atoms with Crippen molar-refractivity contribution >= 4 is 12.0 Å². The second-order valence-corrected chi connectivity index (χ2v) is 8.83. The Hall–Kier alpha value is -1.81. The molecule has 3 N–H and O–H groups in total. The van der Waals surface area contributed by atoms with Crippen molar-refractivity contribution in [2.75, 3.05) is 13.7 Å². The summed E-state index contributed by atoms with van der Waals surface area (Å²) >= 11 is 0. The Morgan fingerprint density at radius 2 is 1.81 bits per heavy atom. The Labute approximate surface area is 159 Å². The Morgan fingerprint density at radius 1 is 1.15 bits per heavy atom. The van der Waals surface area contributed by atoms with Crippen LogP contribution in [0.3, 0.4) is 0 Å². The Bertz CT molecular complexity index is 635. The molecule has 0 radical (unpaired) electrons. The van der Waals surface area contributed by atoms with Gasteiger partial charge in [0.25, 0.3) is 0 Å². The predicted molar refractivity (Wildman–Crippen MR) is 111 cm³/mol. The minimum Gasteiger partial charge on any atom is -0.496 e. The smallest absolute Gasteiger partial charge is 0.244 e. The van der Waals surface area contributed by atoms with E-state index in [0.29, 0.717) is 6.54 Å². The summed E-state index contributed by atoms with van der Waals surface area (Å²) < 4.78 is 5.71. The number of benzene rings is 1. The first-order valence-electron chi connectivity index (χ1n) is 9.39. The third-order valence-electron chi connectivity index (χ3n) is 4.02. The molecule has 0 aliphatic rings. The lowest BCUT2D eigenvalue weighted by molar-refractivity contribution is -0.117. The van der Waals surface area contributed by atoms with E-state index in [1.54, 1.807) is 13.2 Å². The molecule has 4 heteroatoms. The van der Waals surface area contributed by atoms with Crippen LogP contribution < -0.4 is 15.8 Å². The summed E-state index contributed by atoms with van der Waals surface area (Å²) in [5, 5.41) is 2.95. The number of rotatable bonds is 7. The van der Waals surface area contributed by atoms with Gasteiger partial charge in [0.15, 0.2) is 0 Å². The van der Waals surface area contributed by atoms with E-state index in [-0.39, 0.29) is 16.9 Å². The fraction of sp³-hybridized carbons (Fsp3) is 0.591. The van der Waals surface area contributed by atoms with Gasteiger partial charge in [-0.2, -0.15) is 0 Å². The van der Waals surface area contributed by atoms with Crippen molar-refractivity contribution in [3.05, 3.63) is 34.9 Å². The van der Waals surface area contributed by atoms with E-state index in [0.717, 1.165) is 36.1 Å². The van der Waals surface area contributed by atoms with Crippen molar-refractivity contribution in [2.24, 2.45) is 5.73 Å². The molecule has 0 bridgehead atoms. The fourth-order valence-corrected chi connectivity index (χ4v) is 2.82. The van der Waals surface area contributed by atoms with E-state index in [2.05, 4.69) is 38.2 Å². The van der Waals surface area contributed by atoms with Gasteiger partial charge in [-0.25, -0.2) is 0 Å². The first-order valence-corrected chi connectivity index (χ1v) is 9.39. The molecule has 0 spiro atoms. The van der Waals surface area contributed by atoms with E-state index < -0.39 is 0 Å². The molecule has 1 amide bonds. The van der Waals surface area contributed by atoms with Crippen LogP contribution in [0.1, 0.15) is 71.1 Å². The molecule has 1 aromatic rings. The molecule has 146 valence electrons. The maximum absolute atomic E-state index is 12.2. The van der Waals surface area contributed by atoms with Gasteiger partial charge in [-0.05, 0) is 69.7 Å². The summed E-state index contributed by atoms with van der Waals surface area (Å²) in [5.74, 6) is 0.727. The lowest BCUT2D eigenvalue weighted by atomic mass is 9.83. The third kappa shape index (κ3) is 7.20. The van der Waals surface area contributed by atoms with E-state index in [1.165, 1.54) is 5.56 Å². The fourth-order valence-electron chi connectivity index (χ4n) is 2.82. The second kappa shape index (κ2) is 9.22. The number of aryl methyl sites for hydroxylation is 1. The van der Waals surface area contributed by atoms with Crippen molar-refractivity contribution in [3.8, 4) is 5.75 Å². The molecule has 0 aromatic heterocycles. The standard InChI is InChI=1S/C22H36N2O2/c1-21(2,3)18-15-16(10-8-9-13-23)14-17(20(18)26-7)11-12-19(25)24-22(4,5)6/h11-12,14-15H,8-10,13,23H2,1-7H3,(H,24,25)/b12-11+. The zero-order valence-corrected chi connectivity index (χ0v) is 17.5. The normalized spacial score (nSPS) is 12.5. The van der Waals surface area contributed by atoms with Crippen LogP contribution in [0, 0.1) is 0 Å². The van der Waals surface area contributed by atoms with Gasteiger partial charge in [-0.15, -0.1) is 0 Å². The van der Waals surface area contributed by atoms with Crippen LogP contribution in [0.15, 0.2) is 18.2 Å². The molecule has 0 aliphatic carbocycles. The Kier molecular flexibility index (Phi) is 7.88. The topological polar surface area (TPSA) is 64.3 Å². The lowest BCUT2D eigenvalue weighted by Gasteiger charge is -2.25. The number of amides is 1. The number of nitrogens with one attached hydrogen (secondary N) is 1. The number of methoxy groups -OCH3 is 1. The minimum atomic E-state index is -0.258. The van der Waals surface area contributed by atoms with Crippen LogP contribution in [-0.2, 0) is 16.6 Å². The number of hydrogen-bond acceptors (Lipinski definition) is 3. The van der Waals surface area contributed by atoms with E-state index in [1.807, 2.05) is 26.8 Å². The number of nitrogens with two attached hydrogens (primary N) is 1. The summed E-state index contributed by atoms with van der Waals surface area (Å²) in [5.41, 5.74) is 8.66. The highest BCUT2D eigenvalue weighted by atomic mass is 16.5. The van der Waals surface area contributed by atoms with Gasteiger partial charge in [0, 0.05) is 22.7 Å². The summed E-state index contributed by atoms with van der Waals surface area (Å²) in [7, 11) is 1.69. The molecular weight excluding hydrogens is 324 g/mol. The van der Waals surface area contributed by atoms with E-state index in [4.69, 9.17) is 10.5 Å². The third-order valence-corrected chi connectivity index (χ3v) is 4.02. The van der Waals surface area contributed by atoms with Gasteiger partial charge in [0.1, 0.15) is 5.75 Å². The van der Waals surface area contributed by atoms with E-state index >= 15 is 0 Å². The van der Waals surface area contributed by atoms with Crippen LogP contribution in [0.4, 0.5) is 0 Å². The molecular formula is C22H36N2O2. The molecule has 26 heavy (non-hydrogen) atoms. The second-order valence-electron chi connectivity index (χ2n) is 8.83. The van der Waals surface area contributed by atoms with Crippen molar-refractivity contribution in [3.63, 3.8) is 0 Å². The molecule has 0 atom stereocenters. The number of hydrogen-bond donors (Lipinski definition) is 2. The average molecular weight is 361 g/mol. The maximum Gasteiger partial charge on any atom is 0.244 e. The number of carbonyl (C=O) groups excluding carboxylic acids is 1. The van der Waals surface area contributed by atoms with Gasteiger partial charge >= 0.3 is 0 Å². The lowest BCUT2D eigenvalue weighted by Crippen LogP contribution is -2.39. The van der Waals surface area contributed by atoms with Crippen LogP contribution >= 0.6 is 0 Å². The zero-order chi connectivity index (χ0) is 20.0. The Morgan fingerprint density at radius 3 is 2.31 bits per heavy atom. The summed E-state index contributed by atoms with van der Waals surface area (Å²) in [6, 6.07) is 4.34. The molecule has 0 saturated carbocycles. The van der Waals surface area contributed by atoms with E-state index in [9.17, 15) is 4.79 Å². The number of ether oxygens (including phenoxy) is 1. The first-order chi connectivity index (χ1) is 12.0. The monoisotopic (exact) mass is 360 g/mol. The molecule has 0 aliphatic heterocycles. The van der Waals surface area contributed by atoms with Gasteiger partial charge in [-0.3, -0.25) is 4.79 Å². The minimum absolute atomic E-state index is 0.0501. The Balaban J connectivity index is 3.25. The largest absolute Gasteiger partial charge is 0.496 e. The van der Waals surface area contributed by atoms with Crippen LogP contribution in [-0.4, -0.2) is 25.1 Å². The molecule has 0 fully saturated rings. The summed E-state index contributed by atoms with van der Waals surface area (Å²) in [4.78, 5) is 12.2. The van der Waals surface area contributed by atoms with Crippen molar-refractivity contribution in [2.45, 2.75) is 71.8 Å². The highest BCUT2D eigenvalue weighted by Gasteiger charge is 2.22. The average Bonchev–Trinajstić information content (AvgIpc) is 2.50. The molecule has 0 heterocycles. The zero-order valence-electron chi connectivity index (χ0n) is 17.5.